The molecule has 0 spiro atoms. The molecule has 12 heteroatoms. The van der Waals surface area contributed by atoms with E-state index in [1.807, 2.05) is 12.1 Å². The van der Waals surface area contributed by atoms with Gasteiger partial charge in [0.1, 0.15) is 17.5 Å². The Balaban J connectivity index is 1.02. The molecule has 3 aliphatic heterocycles. The zero-order valence-electron chi connectivity index (χ0n) is 30.0. The Hall–Kier alpha value is -3.48. The van der Waals surface area contributed by atoms with E-state index in [4.69, 9.17) is 9.72 Å². The second-order valence-corrected chi connectivity index (χ2v) is 14.5. The third-order valence-electron chi connectivity index (χ3n) is 11.1. The number of carbonyl (C=O) groups excluding carboxylic acids is 2. The maximum absolute atomic E-state index is 13.3. The molecule has 3 fully saturated rings. The summed E-state index contributed by atoms with van der Waals surface area (Å²) in [5.74, 6) is 2.60. The van der Waals surface area contributed by atoms with E-state index in [0.29, 0.717) is 29.0 Å². The minimum absolute atomic E-state index is 0.0848. The molecule has 1 saturated carbocycles. The fourth-order valence-corrected chi connectivity index (χ4v) is 8.23. The standard InChI is InChI=1S/C37H57N9O3/c1-5-31-36(48)44(3)32-24-39-37(42-34(32)46(31)29-9-6-7-10-29)41-30-12-11-27(23-33(30)49-4)35(47)40-28-15-21-45(22-16-28)20-8-19-43(2)25-26-13-17-38-18-14-26/h11-12,23-24,26,28-29,31,38H,5-10,13-22,25H2,1-4H3,(H,40,47)(H,39,41,42)/t31-/m1/s1. The van der Waals surface area contributed by atoms with Gasteiger partial charge < -0.3 is 40.3 Å². The summed E-state index contributed by atoms with van der Waals surface area (Å²) in [6, 6.07) is 5.67. The van der Waals surface area contributed by atoms with Crippen LogP contribution in [0.25, 0.3) is 0 Å². The summed E-state index contributed by atoms with van der Waals surface area (Å²) in [4.78, 5) is 45.0. The number of nitrogens with one attached hydrogen (secondary N) is 3. The van der Waals surface area contributed by atoms with E-state index in [9.17, 15) is 9.59 Å². The number of piperidine rings is 2. The van der Waals surface area contributed by atoms with Gasteiger partial charge in [-0.15, -0.1) is 0 Å². The highest BCUT2D eigenvalue weighted by molar-refractivity contribution is 6.04. The molecule has 4 aliphatic rings. The number of methoxy groups -OCH3 is 1. The summed E-state index contributed by atoms with van der Waals surface area (Å²) in [5, 5.41) is 10.0. The van der Waals surface area contributed by atoms with Gasteiger partial charge in [0, 0.05) is 44.3 Å². The highest BCUT2D eigenvalue weighted by atomic mass is 16.5. The van der Waals surface area contributed by atoms with Crippen molar-refractivity contribution in [1.82, 2.24) is 30.4 Å². The smallest absolute Gasteiger partial charge is 0.251 e. The first-order chi connectivity index (χ1) is 23.8. The highest BCUT2D eigenvalue weighted by Gasteiger charge is 2.41. The topological polar surface area (TPSA) is 118 Å². The van der Waals surface area contributed by atoms with Gasteiger partial charge in [0.05, 0.1) is 19.0 Å². The zero-order chi connectivity index (χ0) is 34.3. The van der Waals surface area contributed by atoms with Crippen LogP contribution in [0.15, 0.2) is 24.4 Å². The summed E-state index contributed by atoms with van der Waals surface area (Å²) < 4.78 is 5.72. The lowest BCUT2D eigenvalue weighted by Gasteiger charge is -2.43. The van der Waals surface area contributed by atoms with Crippen molar-refractivity contribution in [2.24, 2.45) is 5.92 Å². The van der Waals surface area contributed by atoms with Crippen molar-refractivity contribution in [2.75, 3.05) is 82.1 Å². The summed E-state index contributed by atoms with van der Waals surface area (Å²) in [7, 11) is 5.67. The molecular formula is C37H57N9O3. The molecule has 0 unspecified atom stereocenters. The SMILES string of the molecule is CC[C@@H]1C(=O)N(C)c2cnc(Nc3ccc(C(=O)NC4CCN(CCCN(C)CC5CCNCC5)CC4)cc3OC)nc2N1C1CCCC1. The number of hydrogen-bond donors (Lipinski definition) is 3. The van der Waals surface area contributed by atoms with Crippen LogP contribution < -0.4 is 30.5 Å². The number of hydrogen-bond acceptors (Lipinski definition) is 10. The normalized spacial score (nSPS) is 21.3. The van der Waals surface area contributed by atoms with E-state index in [-0.39, 0.29) is 23.9 Å². The number of likely N-dealkylation sites (N-methyl/N-ethyl adjacent to an activating group) is 1. The van der Waals surface area contributed by atoms with E-state index >= 15 is 0 Å². The van der Waals surface area contributed by atoms with Gasteiger partial charge in [-0.3, -0.25) is 9.59 Å². The van der Waals surface area contributed by atoms with Gasteiger partial charge >= 0.3 is 0 Å². The summed E-state index contributed by atoms with van der Waals surface area (Å²) in [5.41, 5.74) is 1.97. The first-order valence-corrected chi connectivity index (χ1v) is 18.6. The van der Waals surface area contributed by atoms with Crippen molar-refractivity contribution in [1.29, 1.82) is 0 Å². The number of rotatable bonds is 13. The van der Waals surface area contributed by atoms with Crippen LogP contribution in [-0.2, 0) is 4.79 Å². The molecule has 0 bridgehead atoms. The number of ether oxygens (including phenoxy) is 1. The van der Waals surface area contributed by atoms with Gasteiger partial charge in [-0.25, -0.2) is 4.98 Å². The molecule has 3 N–H and O–H groups in total. The predicted octanol–water partition coefficient (Wildman–Crippen LogP) is 4.25. The molecule has 1 atom stereocenters. The fraction of sp³-hybridized carbons (Fsp3) is 0.676. The van der Waals surface area contributed by atoms with E-state index in [2.05, 4.69) is 49.6 Å². The lowest BCUT2D eigenvalue weighted by Crippen LogP contribution is -2.55. The molecule has 2 amide bonds. The average molecular weight is 676 g/mol. The molecule has 6 rings (SSSR count). The minimum atomic E-state index is -0.233. The second kappa shape index (κ2) is 16.5. The second-order valence-electron chi connectivity index (χ2n) is 14.5. The molecule has 12 nitrogen and oxygen atoms in total. The number of likely N-dealkylation sites (tertiary alicyclic amines) is 1. The summed E-state index contributed by atoms with van der Waals surface area (Å²) >= 11 is 0. The van der Waals surface area contributed by atoms with E-state index in [0.717, 1.165) is 88.8 Å². The third-order valence-corrected chi connectivity index (χ3v) is 11.1. The van der Waals surface area contributed by atoms with E-state index in [1.54, 1.807) is 31.3 Å². The number of aromatic nitrogens is 2. The molecule has 1 aromatic carbocycles. The van der Waals surface area contributed by atoms with Gasteiger partial charge in [0.25, 0.3) is 5.91 Å². The van der Waals surface area contributed by atoms with Crippen molar-refractivity contribution < 1.29 is 14.3 Å². The lowest BCUT2D eigenvalue weighted by atomic mass is 9.98. The summed E-state index contributed by atoms with van der Waals surface area (Å²) in [6.07, 6.45) is 12.6. The number of anilines is 4. The van der Waals surface area contributed by atoms with Gasteiger partial charge in [-0.1, -0.05) is 19.8 Å². The van der Waals surface area contributed by atoms with Gasteiger partial charge in [-0.05, 0) is 109 Å². The van der Waals surface area contributed by atoms with Crippen LogP contribution in [0, 0.1) is 5.92 Å². The zero-order valence-corrected chi connectivity index (χ0v) is 30.0. The highest BCUT2D eigenvalue weighted by Crippen LogP contribution is 2.40. The number of nitrogens with zero attached hydrogens (tertiary/aromatic N) is 6. The van der Waals surface area contributed by atoms with Crippen molar-refractivity contribution in [3.05, 3.63) is 30.0 Å². The molecule has 2 saturated heterocycles. The van der Waals surface area contributed by atoms with E-state index in [1.165, 1.54) is 38.6 Å². The van der Waals surface area contributed by atoms with Crippen molar-refractivity contribution in [3.63, 3.8) is 0 Å². The van der Waals surface area contributed by atoms with Crippen LogP contribution >= 0.6 is 0 Å². The van der Waals surface area contributed by atoms with Crippen LogP contribution in [0.5, 0.6) is 5.75 Å². The Morgan fingerprint density at radius 1 is 1.10 bits per heavy atom. The van der Waals surface area contributed by atoms with E-state index < -0.39 is 0 Å². The van der Waals surface area contributed by atoms with Gasteiger partial charge in [0.15, 0.2) is 5.82 Å². The van der Waals surface area contributed by atoms with Crippen LogP contribution in [0.4, 0.5) is 23.1 Å². The largest absolute Gasteiger partial charge is 0.495 e. The Labute approximate surface area is 292 Å². The maximum atomic E-state index is 13.3. The van der Waals surface area contributed by atoms with Crippen LogP contribution in [0.1, 0.15) is 81.5 Å². The molecule has 1 aliphatic carbocycles. The number of amides is 2. The van der Waals surface area contributed by atoms with Crippen LogP contribution in [0.3, 0.4) is 0 Å². The molecular weight excluding hydrogens is 618 g/mol. The quantitative estimate of drug-likeness (QED) is 0.285. The third kappa shape index (κ3) is 8.46. The number of carbonyl (C=O) groups is 2. The number of fused-ring (bicyclic) bond motifs is 1. The number of benzene rings is 1. The molecule has 1 aromatic heterocycles. The van der Waals surface area contributed by atoms with Crippen molar-refractivity contribution in [3.8, 4) is 5.75 Å². The first-order valence-electron chi connectivity index (χ1n) is 18.6. The Kier molecular flexibility index (Phi) is 11.9. The Morgan fingerprint density at radius 3 is 2.57 bits per heavy atom. The lowest BCUT2D eigenvalue weighted by molar-refractivity contribution is -0.120. The molecule has 0 radical (unpaired) electrons. The van der Waals surface area contributed by atoms with Gasteiger partial charge in [-0.2, -0.15) is 4.98 Å². The maximum Gasteiger partial charge on any atom is 0.251 e. The average Bonchev–Trinajstić information content (AvgIpc) is 3.65. The van der Waals surface area contributed by atoms with Gasteiger partial charge in [0.2, 0.25) is 11.9 Å². The molecule has 268 valence electrons. The summed E-state index contributed by atoms with van der Waals surface area (Å²) in [6.45, 7) is 9.87. The van der Waals surface area contributed by atoms with Crippen LogP contribution in [0.2, 0.25) is 0 Å². The van der Waals surface area contributed by atoms with Crippen molar-refractivity contribution >= 4 is 35.0 Å². The fourth-order valence-electron chi connectivity index (χ4n) is 8.23. The first kappa shape index (κ1) is 35.3. The monoisotopic (exact) mass is 675 g/mol. The molecule has 49 heavy (non-hydrogen) atoms. The Morgan fingerprint density at radius 2 is 1.86 bits per heavy atom. The predicted molar refractivity (Wildman–Crippen MR) is 195 cm³/mol. The minimum Gasteiger partial charge on any atom is -0.495 e. The molecule has 2 aromatic rings. The molecule has 4 heterocycles. The van der Waals surface area contributed by atoms with Crippen molar-refractivity contribution in [2.45, 2.75) is 89.3 Å². The van der Waals surface area contributed by atoms with Crippen LogP contribution in [-0.4, -0.2) is 117 Å². The Bertz CT molecular complexity index is 1420.